The van der Waals surface area contributed by atoms with Crippen LogP contribution >= 0.6 is 0 Å². The van der Waals surface area contributed by atoms with Crippen LogP contribution in [0.15, 0.2) is 158 Å². The summed E-state index contributed by atoms with van der Waals surface area (Å²) >= 11 is 0. The highest BCUT2D eigenvalue weighted by Gasteiger charge is 2.42. The molecule has 0 radical (unpaired) electrons. The largest absolute Gasteiger partial charge is 0.354 e. The van der Waals surface area contributed by atoms with Gasteiger partial charge in [-0.05, 0) is 33.5 Å². The maximum Gasteiger partial charge on any atom is 0.0728 e. The Labute approximate surface area is 223 Å². The van der Waals surface area contributed by atoms with E-state index >= 15 is 0 Å². The van der Waals surface area contributed by atoms with Crippen molar-refractivity contribution < 1.29 is 0 Å². The molecule has 38 heavy (non-hydrogen) atoms. The van der Waals surface area contributed by atoms with E-state index in [1.165, 1.54) is 44.0 Å². The number of H-pyrrole nitrogens is 1. The van der Waals surface area contributed by atoms with Gasteiger partial charge in [0.15, 0.2) is 0 Å². The summed E-state index contributed by atoms with van der Waals surface area (Å²) in [6, 6.07) is 56.9. The topological polar surface area (TPSA) is 15.8 Å². The second-order valence-electron chi connectivity index (χ2n) is 9.80. The standard InChI is InChI=1S/C37H27N/c1-4-17-28(18-5-1)37(29-19-6-2-7-20-29,30-21-8-3-9-22-30)35-33-24-12-13-26-34(33)38-36(35)32-25-14-16-27-15-10-11-23-31(27)32/h1-26,38H. The molecular formula is C37H27N. The van der Waals surface area contributed by atoms with Crippen LogP contribution in [0.5, 0.6) is 0 Å². The Bertz CT molecular complexity index is 1750. The zero-order valence-corrected chi connectivity index (χ0v) is 21.0. The van der Waals surface area contributed by atoms with Gasteiger partial charge in [-0.2, -0.15) is 0 Å². The van der Waals surface area contributed by atoms with Gasteiger partial charge in [0, 0.05) is 22.0 Å². The Balaban J connectivity index is 1.72. The molecule has 0 spiro atoms. The molecule has 1 heteroatoms. The molecule has 0 saturated heterocycles. The summed E-state index contributed by atoms with van der Waals surface area (Å²) in [6.45, 7) is 0. The smallest absolute Gasteiger partial charge is 0.0728 e. The highest BCUT2D eigenvalue weighted by Crippen LogP contribution is 2.51. The number of benzene rings is 6. The van der Waals surface area contributed by atoms with Gasteiger partial charge >= 0.3 is 0 Å². The summed E-state index contributed by atoms with van der Waals surface area (Å²) in [4.78, 5) is 3.89. The molecule has 0 aliphatic carbocycles. The van der Waals surface area contributed by atoms with Gasteiger partial charge in [0.25, 0.3) is 0 Å². The SMILES string of the molecule is c1ccc(C(c2ccccc2)(c2ccccc2)c2c(-c3cccc4ccccc34)[nH]c3ccccc23)cc1. The zero-order valence-electron chi connectivity index (χ0n) is 21.0. The molecule has 0 unspecified atom stereocenters. The fourth-order valence-corrected chi connectivity index (χ4v) is 6.17. The van der Waals surface area contributed by atoms with Crippen LogP contribution in [0.2, 0.25) is 0 Å². The third-order valence-electron chi connectivity index (χ3n) is 7.76. The predicted octanol–water partition coefficient (Wildman–Crippen LogP) is 9.37. The fraction of sp³-hybridized carbons (Fsp3) is 0.0270. The van der Waals surface area contributed by atoms with E-state index in [-0.39, 0.29) is 0 Å². The number of nitrogens with one attached hydrogen (secondary N) is 1. The van der Waals surface area contributed by atoms with Crippen molar-refractivity contribution in [3.05, 3.63) is 180 Å². The molecule has 0 saturated carbocycles. The van der Waals surface area contributed by atoms with Crippen LogP contribution in [0.3, 0.4) is 0 Å². The summed E-state index contributed by atoms with van der Waals surface area (Å²) in [6.07, 6.45) is 0. The Morgan fingerprint density at radius 2 is 0.868 bits per heavy atom. The normalized spacial score (nSPS) is 11.7. The summed E-state index contributed by atoms with van der Waals surface area (Å²) in [7, 11) is 0. The van der Waals surface area contributed by atoms with E-state index in [1.807, 2.05) is 0 Å². The maximum absolute atomic E-state index is 3.89. The third kappa shape index (κ3) is 3.40. The minimum atomic E-state index is -0.546. The molecule has 7 aromatic rings. The van der Waals surface area contributed by atoms with Gasteiger partial charge in [0.05, 0.1) is 11.1 Å². The Morgan fingerprint density at radius 3 is 1.47 bits per heavy atom. The van der Waals surface area contributed by atoms with Crippen LogP contribution in [0.4, 0.5) is 0 Å². The average molecular weight is 486 g/mol. The molecule has 0 aliphatic heterocycles. The first-order chi connectivity index (χ1) is 18.9. The van der Waals surface area contributed by atoms with Gasteiger partial charge in [-0.3, -0.25) is 0 Å². The van der Waals surface area contributed by atoms with Gasteiger partial charge < -0.3 is 4.98 Å². The number of rotatable bonds is 5. The molecule has 0 bridgehead atoms. The first-order valence-corrected chi connectivity index (χ1v) is 13.1. The first kappa shape index (κ1) is 22.3. The van der Waals surface area contributed by atoms with Crippen molar-refractivity contribution in [1.29, 1.82) is 0 Å². The number of hydrogen-bond donors (Lipinski definition) is 1. The molecule has 6 aromatic carbocycles. The number of hydrogen-bond acceptors (Lipinski definition) is 0. The van der Waals surface area contributed by atoms with E-state index in [2.05, 4.69) is 163 Å². The van der Waals surface area contributed by atoms with Crippen molar-refractivity contribution in [3.8, 4) is 11.3 Å². The minimum absolute atomic E-state index is 0.546. The summed E-state index contributed by atoms with van der Waals surface area (Å²) in [5, 5.41) is 3.71. The van der Waals surface area contributed by atoms with E-state index in [0.717, 1.165) is 11.2 Å². The molecule has 0 amide bonds. The molecule has 0 atom stereocenters. The van der Waals surface area contributed by atoms with Crippen LogP contribution in [0.25, 0.3) is 32.9 Å². The lowest BCUT2D eigenvalue weighted by Crippen LogP contribution is -2.31. The molecular weight excluding hydrogens is 458 g/mol. The highest BCUT2D eigenvalue weighted by atomic mass is 14.7. The molecule has 0 fully saturated rings. The molecule has 180 valence electrons. The lowest BCUT2D eigenvalue weighted by Gasteiger charge is -2.37. The van der Waals surface area contributed by atoms with Crippen molar-refractivity contribution in [2.45, 2.75) is 5.41 Å². The van der Waals surface area contributed by atoms with Crippen LogP contribution in [0, 0.1) is 0 Å². The zero-order chi connectivity index (χ0) is 25.4. The van der Waals surface area contributed by atoms with E-state index in [0.29, 0.717) is 0 Å². The number of para-hydroxylation sites is 1. The Morgan fingerprint density at radius 1 is 0.395 bits per heavy atom. The fourth-order valence-electron chi connectivity index (χ4n) is 6.17. The molecule has 0 aliphatic rings. The molecule has 1 heterocycles. The van der Waals surface area contributed by atoms with Crippen molar-refractivity contribution in [3.63, 3.8) is 0 Å². The lowest BCUT2D eigenvalue weighted by molar-refractivity contribution is 0.754. The van der Waals surface area contributed by atoms with Crippen LogP contribution in [0.1, 0.15) is 22.3 Å². The Kier molecular flexibility index (Phi) is 5.41. The Hall–Kier alpha value is -4.88. The van der Waals surface area contributed by atoms with Crippen LogP contribution < -0.4 is 0 Å². The predicted molar refractivity (Wildman–Crippen MR) is 160 cm³/mol. The van der Waals surface area contributed by atoms with E-state index in [1.54, 1.807) is 0 Å². The van der Waals surface area contributed by atoms with Crippen molar-refractivity contribution in [2.24, 2.45) is 0 Å². The average Bonchev–Trinajstić information content (AvgIpc) is 3.39. The molecule has 7 rings (SSSR count). The summed E-state index contributed by atoms with van der Waals surface area (Å²) in [5.74, 6) is 0. The van der Waals surface area contributed by atoms with Crippen molar-refractivity contribution >= 4 is 21.7 Å². The number of aromatic amines is 1. The number of aromatic nitrogens is 1. The second-order valence-corrected chi connectivity index (χ2v) is 9.80. The van der Waals surface area contributed by atoms with Gasteiger partial charge in [-0.25, -0.2) is 0 Å². The first-order valence-electron chi connectivity index (χ1n) is 13.1. The minimum Gasteiger partial charge on any atom is -0.354 e. The van der Waals surface area contributed by atoms with Gasteiger partial charge in [0.1, 0.15) is 0 Å². The molecule has 1 N–H and O–H groups in total. The van der Waals surface area contributed by atoms with Crippen molar-refractivity contribution in [1.82, 2.24) is 4.98 Å². The van der Waals surface area contributed by atoms with E-state index in [9.17, 15) is 0 Å². The van der Waals surface area contributed by atoms with Gasteiger partial charge in [0.2, 0.25) is 0 Å². The van der Waals surface area contributed by atoms with Crippen molar-refractivity contribution in [2.75, 3.05) is 0 Å². The summed E-state index contributed by atoms with van der Waals surface area (Å²) < 4.78 is 0. The second kappa shape index (κ2) is 9.21. The molecule has 1 nitrogen and oxygen atoms in total. The highest BCUT2D eigenvalue weighted by molar-refractivity contribution is 6.02. The third-order valence-corrected chi connectivity index (χ3v) is 7.76. The lowest BCUT2D eigenvalue weighted by atomic mass is 9.64. The van der Waals surface area contributed by atoms with E-state index < -0.39 is 5.41 Å². The van der Waals surface area contributed by atoms with Crippen LogP contribution in [-0.4, -0.2) is 4.98 Å². The van der Waals surface area contributed by atoms with Crippen LogP contribution in [-0.2, 0) is 5.41 Å². The number of fused-ring (bicyclic) bond motifs is 2. The monoisotopic (exact) mass is 485 g/mol. The quantitative estimate of drug-likeness (QED) is 0.234. The van der Waals surface area contributed by atoms with E-state index in [4.69, 9.17) is 0 Å². The van der Waals surface area contributed by atoms with Gasteiger partial charge in [-0.1, -0.05) is 152 Å². The maximum atomic E-state index is 3.89. The molecule has 1 aromatic heterocycles. The summed E-state index contributed by atoms with van der Waals surface area (Å²) in [5.41, 5.74) is 7.94. The van der Waals surface area contributed by atoms with Gasteiger partial charge in [-0.15, -0.1) is 0 Å².